The number of amides is 1. The number of hydrogen-bond donors (Lipinski definition) is 2. The van der Waals surface area contributed by atoms with Crippen LogP contribution in [0, 0.1) is 0 Å². The molecule has 1 aromatic heterocycles. The highest BCUT2D eigenvalue weighted by atomic mass is 35.5. The number of para-hydroxylation sites is 2. The molecular formula is C20H30Cl2N6O2. The van der Waals surface area contributed by atoms with Gasteiger partial charge in [-0.1, -0.05) is 17.3 Å². The maximum atomic E-state index is 12.8. The number of hydrogen-bond acceptors (Lipinski definition) is 6. The lowest BCUT2D eigenvalue weighted by molar-refractivity contribution is -0.00517. The summed E-state index contributed by atoms with van der Waals surface area (Å²) in [5.74, 6) is -0.234. The van der Waals surface area contributed by atoms with E-state index >= 15 is 0 Å². The van der Waals surface area contributed by atoms with Gasteiger partial charge in [0.2, 0.25) is 0 Å². The van der Waals surface area contributed by atoms with E-state index in [-0.39, 0.29) is 42.9 Å². The van der Waals surface area contributed by atoms with Gasteiger partial charge in [-0.05, 0) is 51.9 Å². The predicted molar refractivity (Wildman–Crippen MR) is 122 cm³/mol. The summed E-state index contributed by atoms with van der Waals surface area (Å²) < 4.78 is 7.66. The lowest BCUT2D eigenvalue weighted by Gasteiger charge is -2.37. The number of nitrogens with zero attached hydrogens (tertiary/aromatic N) is 4. The van der Waals surface area contributed by atoms with Gasteiger partial charge in [-0.2, -0.15) is 0 Å². The lowest BCUT2D eigenvalue weighted by atomic mass is 10.1. The Balaban J connectivity index is 0.00000160. The standard InChI is InChI=1S/C20H28N6O2.2ClH/c1-14-11-25(12-15(2)28-14)19-6-4-3-5-17(19)22-20(27)18-13-26(24-23-18)16-7-9-21-10-8-16;;/h3-6,13-16,21H,7-12H2,1-2H3,(H,22,27);2*1H. The first kappa shape index (κ1) is 24.4. The summed E-state index contributed by atoms with van der Waals surface area (Å²) in [6.07, 6.45) is 4.06. The summed E-state index contributed by atoms with van der Waals surface area (Å²) in [5, 5.41) is 14.6. The van der Waals surface area contributed by atoms with Gasteiger partial charge in [0.25, 0.3) is 5.91 Å². The normalized spacial score (nSPS) is 22.0. The van der Waals surface area contributed by atoms with Crippen LogP contribution in [0.2, 0.25) is 0 Å². The van der Waals surface area contributed by atoms with E-state index < -0.39 is 0 Å². The number of anilines is 2. The van der Waals surface area contributed by atoms with Crippen molar-refractivity contribution < 1.29 is 9.53 Å². The minimum Gasteiger partial charge on any atom is -0.372 e. The number of ether oxygens (including phenoxy) is 1. The first-order valence-electron chi connectivity index (χ1n) is 10.0. The molecule has 2 saturated heterocycles. The van der Waals surface area contributed by atoms with Gasteiger partial charge in [0.1, 0.15) is 0 Å². The second-order valence-electron chi connectivity index (χ2n) is 7.70. The quantitative estimate of drug-likeness (QED) is 0.735. The molecule has 8 nitrogen and oxygen atoms in total. The number of halogens is 2. The molecule has 2 atom stereocenters. The summed E-state index contributed by atoms with van der Waals surface area (Å²) in [6, 6.07) is 8.18. The Morgan fingerprint density at radius 1 is 1.13 bits per heavy atom. The highest BCUT2D eigenvalue weighted by Crippen LogP contribution is 2.29. The van der Waals surface area contributed by atoms with Crippen LogP contribution in [0.4, 0.5) is 11.4 Å². The monoisotopic (exact) mass is 456 g/mol. The van der Waals surface area contributed by atoms with Crippen LogP contribution in [0.25, 0.3) is 0 Å². The van der Waals surface area contributed by atoms with E-state index in [1.165, 1.54) is 0 Å². The lowest BCUT2D eigenvalue weighted by Crippen LogP contribution is -2.45. The van der Waals surface area contributed by atoms with Crippen molar-refractivity contribution in [1.29, 1.82) is 0 Å². The summed E-state index contributed by atoms with van der Waals surface area (Å²) in [6.45, 7) is 7.67. The zero-order valence-corrected chi connectivity index (χ0v) is 18.9. The van der Waals surface area contributed by atoms with Crippen LogP contribution < -0.4 is 15.5 Å². The third-order valence-electron chi connectivity index (χ3n) is 5.34. The topological polar surface area (TPSA) is 84.3 Å². The molecule has 2 unspecified atom stereocenters. The molecule has 0 aliphatic carbocycles. The van der Waals surface area contributed by atoms with E-state index in [0.717, 1.165) is 50.4 Å². The van der Waals surface area contributed by atoms with Gasteiger partial charge in [-0.25, -0.2) is 4.68 Å². The van der Waals surface area contributed by atoms with Gasteiger partial charge in [0, 0.05) is 13.1 Å². The molecule has 2 aromatic rings. The Labute approximate surface area is 189 Å². The molecule has 2 fully saturated rings. The molecule has 2 aliphatic rings. The fraction of sp³-hybridized carbons (Fsp3) is 0.550. The van der Waals surface area contributed by atoms with Crippen molar-refractivity contribution in [2.45, 2.75) is 44.9 Å². The Hall–Kier alpha value is -1.87. The Morgan fingerprint density at radius 2 is 1.80 bits per heavy atom. The molecule has 0 saturated carbocycles. The van der Waals surface area contributed by atoms with Gasteiger partial charge >= 0.3 is 0 Å². The zero-order valence-electron chi connectivity index (χ0n) is 17.3. The smallest absolute Gasteiger partial charge is 0.277 e. The number of carbonyl (C=O) groups is 1. The van der Waals surface area contributed by atoms with Crippen LogP contribution in [0.5, 0.6) is 0 Å². The number of carbonyl (C=O) groups excluding carboxylic acids is 1. The average molecular weight is 457 g/mol. The first-order valence-corrected chi connectivity index (χ1v) is 10.0. The molecule has 3 heterocycles. The van der Waals surface area contributed by atoms with Gasteiger partial charge in [0.05, 0.1) is 35.8 Å². The summed E-state index contributed by atoms with van der Waals surface area (Å²) in [4.78, 5) is 15.1. The number of morpholine rings is 1. The van der Waals surface area contributed by atoms with Gasteiger partial charge in [-0.15, -0.1) is 29.9 Å². The number of piperidine rings is 1. The Kier molecular flexibility index (Phi) is 8.91. The third kappa shape index (κ3) is 5.63. The fourth-order valence-electron chi connectivity index (χ4n) is 4.05. The van der Waals surface area contributed by atoms with E-state index in [9.17, 15) is 4.79 Å². The summed E-state index contributed by atoms with van der Waals surface area (Å²) in [7, 11) is 0. The van der Waals surface area contributed by atoms with Crippen LogP contribution in [-0.2, 0) is 4.74 Å². The van der Waals surface area contributed by atoms with E-state index in [1.54, 1.807) is 6.20 Å². The second kappa shape index (κ2) is 10.9. The molecule has 4 rings (SSSR count). The minimum absolute atomic E-state index is 0. The maximum absolute atomic E-state index is 12.8. The van der Waals surface area contributed by atoms with Crippen molar-refractivity contribution in [2.24, 2.45) is 0 Å². The van der Waals surface area contributed by atoms with Crippen molar-refractivity contribution >= 4 is 42.1 Å². The molecule has 2 N–H and O–H groups in total. The van der Waals surface area contributed by atoms with Crippen molar-refractivity contribution in [2.75, 3.05) is 36.4 Å². The van der Waals surface area contributed by atoms with E-state index in [2.05, 4.69) is 39.7 Å². The van der Waals surface area contributed by atoms with Gasteiger partial charge in [-0.3, -0.25) is 4.79 Å². The van der Waals surface area contributed by atoms with Crippen LogP contribution in [0.3, 0.4) is 0 Å². The van der Waals surface area contributed by atoms with E-state index in [0.29, 0.717) is 11.7 Å². The van der Waals surface area contributed by atoms with Crippen molar-refractivity contribution in [1.82, 2.24) is 20.3 Å². The highest BCUT2D eigenvalue weighted by Gasteiger charge is 2.25. The average Bonchev–Trinajstić information content (AvgIpc) is 3.19. The number of aromatic nitrogens is 3. The molecular weight excluding hydrogens is 427 g/mol. The SMILES string of the molecule is CC1CN(c2ccccc2NC(=O)c2cn(C3CCNCC3)nn2)CC(C)O1.Cl.Cl. The number of benzene rings is 1. The molecule has 166 valence electrons. The molecule has 0 bridgehead atoms. The van der Waals surface area contributed by atoms with Crippen LogP contribution in [0.15, 0.2) is 30.5 Å². The maximum Gasteiger partial charge on any atom is 0.277 e. The molecule has 1 amide bonds. The minimum atomic E-state index is -0.234. The number of nitrogens with one attached hydrogen (secondary N) is 2. The largest absolute Gasteiger partial charge is 0.372 e. The molecule has 1 aromatic carbocycles. The Bertz CT molecular complexity index is 817. The van der Waals surface area contributed by atoms with E-state index in [4.69, 9.17) is 4.74 Å². The van der Waals surface area contributed by atoms with Crippen molar-refractivity contribution in [3.05, 3.63) is 36.2 Å². The van der Waals surface area contributed by atoms with Crippen LogP contribution >= 0.6 is 24.8 Å². The second-order valence-corrected chi connectivity index (χ2v) is 7.70. The zero-order chi connectivity index (χ0) is 19.5. The first-order chi connectivity index (χ1) is 13.6. The molecule has 2 aliphatic heterocycles. The van der Waals surface area contributed by atoms with Crippen molar-refractivity contribution in [3.8, 4) is 0 Å². The highest BCUT2D eigenvalue weighted by molar-refractivity contribution is 6.04. The molecule has 0 radical (unpaired) electrons. The van der Waals surface area contributed by atoms with Gasteiger partial charge < -0.3 is 20.3 Å². The third-order valence-corrected chi connectivity index (χ3v) is 5.34. The summed E-state index contributed by atoms with van der Waals surface area (Å²) in [5.41, 5.74) is 2.13. The summed E-state index contributed by atoms with van der Waals surface area (Å²) >= 11 is 0. The molecule has 30 heavy (non-hydrogen) atoms. The van der Waals surface area contributed by atoms with Crippen LogP contribution in [0.1, 0.15) is 43.2 Å². The molecule has 0 spiro atoms. The molecule has 10 heteroatoms. The van der Waals surface area contributed by atoms with Crippen molar-refractivity contribution in [3.63, 3.8) is 0 Å². The number of rotatable bonds is 4. The fourth-order valence-corrected chi connectivity index (χ4v) is 4.05. The van der Waals surface area contributed by atoms with Crippen LogP contribution in [-0.4, -0.2) is 59.3 Å². The van der Waals surface area contributed by atoms with E-state index in [1.807, 2.05) is 28.9 Å². The van der Waals surface area contributed by atoms with Gasteiger partial charge in [0.15, 0.2) is 5.69 Å². The predicted octanol–water partition coefficient (Wildman–Crippen LogP) is 2.91. The Morgan fingerprint density at radius 3 is 2.50 bits per heavy atom.